The van der Waals surface area contributed by atoms with Gasteiger partial charge in [0.2, 0.25) is 0 Å². The first-order valence-electron chi connectivity index (χ1n) is 10.2. The molecule has 2 heterocycles. The van der Waals surface area contributed by atoms with Gasteiger partial charge in [0, 0.05) is 42.8 Å². The molecule has 2 fully saturated rings. The van der Waals surface area contributed by atoms with E-state index in [4.69, 9.17) is 20.9 Å². The monoisotopic (exact) mass is 382 g/mol. The number of nitrogens with one attached hydrogen (secondary N) is 3. The Morgan fingerprint density at radius 2 is 2.18 bits per heavy atom. The summed E-state index contributed by atoms with van der Waals surface area (Å²) in [5, 5.41) is 14.7. The first-order chi connectivity index (χ1) is 13.8. The summed E-state index contributed by atoms with van der Waals surface area (Å²) in [5.74, 6) is 0.749. The topological polar surface area (TPSA) is 98.8 Å². The zero-order valence-corrected chi connectivity index (χ0v) is 16.3. The third-order valence-electron chi connectivity index (χ3n) is 5.83. The lowest BCUT2D eigenvalue weighted by Crippen LogP contribution is -2.39. The van der Waals surface area contributed by atoms with Crippen LogP contribution in [0.5, 0.6) is 0 Å². The number of hydrogen-bond acceptors (Lipinski definition) is 7. The largest absolute Gasteiger partial charge is 0.388 e. The molecule has 0 atom stereocenters. The molecule has 1 saturated carbocycles. The van der Waals surface area contributed by atoms with E-state index in [2.05, 4.69) is 33.7 Å². The number of morpholine rings is 1. The van der Waals surface area contributed by atoms with Crippen molar-refractivity contribution in [3.05, 3.63) is 30.0 Å². The molecule has 5 N–H and O–H groups in total. The number of ether oxygens (including phenoxy) is 1. The second-order valence-corrected chi connectivity index (χ2v) is 7.74. The second kappa shape index (κ2) is 8.75. The van der Waals surface area contributed by atoms with Crippen LogP contribution < -0.4 is 21.3 Å². The van der Waals surface area contributed by atoms with Gasteiger partial charge in [-0.15, -0.1) is 0 Å². The van der Waals surface area contributed by atoms with Crippen LogP contribution in [-0.4, -0.2) is 57.4 Å². The van der Waals surface area contributed by atoms with Crippen molar-refractivity contribution in [1.82, 2.24) is 5.32 Å². The quantitative estimate of drug-likeness (QED) is 0.542. The van der Waals surface area contributed by atoms with Crippen LogP contribution in [0.15, 0.2) is 35.0 Å². The first-order valence-corrected chi connectivity index (χ1v) is 10.2. The zero-order chi connectivity index (χ0) is 19.3. The van der Waals surface area contributed by atoms with Gasteiger partial charge in [-0.2, -0.15) is 0 Å². The molecule has 2 aliphatic heterocycles. The van der Waals surface area contributed by atoms with Crippen molar-refractivity contribution < 1.29 is 4.74 Å². The van der Waals surface area contributed by atoms with E-state index in [1.54, 1.807) is 0 Å². The van der Waals surface area contributed by atoms with Crippen molar-refractivity contribution in [2.24, 2.45) is 16.6 Å². The van der Waals surface area contributed by atoms with Crippen LogP contribution in [0.4, 0.5) is 17.1 Å². The normalized spacial score (nSPS) is 24.5. The van der Waals surface area contributed by atoms with E-state index in [0.717, 1.165) is 80.7 Å². The van der Waals surface area contributed by atoms with E-state index in [1.165, 1.54) is 11.9 Å². The number of anilines is 2. The second-order valence-electron chi connectivity index (χ2n) is 7.74. The van der Waals surface area contributed by atoms with Crippen molar-refractivity contribution in [2.45, 2.75) is 25.3 Å². The minimum atomic E-state index is 0.490. The Hall–Kier alpha value is -2.38. The lowest BCUT2D eigenvalue weighted by atomic mass is 9.78. The SMILES string of the molecule is N=C/C(=C\NC1CC(CCN)C1)C1=Nc2cc(N3CCOCC3)ccc2NC1. The zero-order valence-electron chi connectivity index (χ0n) is 16.3. The Morgan fingerprint density at radius 1 is 1.36 bits per heavy atom. The number of aliphatic imine (C=N–C) groups is 1. The van der Waals surface area contributed by atoms with Gasteiger partial charge < -0.3 is 31.4 Å². The first kappa shape index (κ1) is 19.0. The summed E-state index contributed by atoms with van der Waals surface area (Å²) in [4.78, 5) is 7.19. The Kier molecular flexibility index (Phi) is 5.92. The van der Waals surface area contributed by atoms with Gasteiger partial charge in [0.25, 0.3) is 0 Å². The van der Waals surface area contributed by atoms with Gasteiger partial charge in [0.1, 0.15) is 0 Å². The third-order valence-corrected chi connectivity index (χ3v) is 5.83. The van der Waals surface area contributed by atoms with Crippen LogP contribution in [-0.2, 0) is 4.74 Å². The highest BCUT2D eigenvalue weighted by Crippen LogP contribution is 2.34. The highest BCUT2D eigenvalue weighted by molar-refractivity contribution is 6.19. The minimum absolute atomic E-state index is 0.490. The summed E-state index contributed by atoms with van der Waals surface area (Å²) in [6.07, 6.45) is 6.77. The Bertz CT molecular complexity index is 762. The molecule has 1 aromatic carbocycles. The van der Waals surface area contributed by atoms with Gasteiger partial charge in [-0.05, 0) is 49.9 Å². The summed E-state index contributed by atoms with van der Waals surface area (Å²) in [6.45, 7) is 4.75. The van der Waals surface area contributed by atoms with E-state index in [9.17, 15) is 0 Å². The van der Waals surface area contributed by atoms with Crippen LogP contribution in [0.2, 0.25) is 0 Å². The van der Waals surface area contributed by atoms with Gasteiger partial charge in [-0.25, -0.2) is 4.99 Å². The molecular weight excluding hydrogens is 352 g/mol. The number of hydrogen-bond donors (Lipinski definition) is 4. The Balaban J connectivity index is 1.45. The van der Waals surface area contributed by atoms with Crippen molar-refractivity contribution in [1.29, 1.82) is 5.41 Å². The fourth-order valence-electron chi connectivity index (χ4n) is 4.07. The number of rotatable bonds is 7. The molecule has 0 radical (unpaired) electrons. The fraction of sp³-hybridized carbons (Fsp3) is 0.524. The number of fused-ring (bicyclic) bond motifs is 1. The molecule has 0 unspecified atom stereocenters. The highest BCUT2D eigenvalue weighted by atomic mass is 16.5. The average molecular weight is 383 g/mol. The lowest BCUT2D eigenvalue weighted by Gasteiger charge is -2.35. The Labute approximate surface area is 166 Å². The van der Waals surface area contributed by atoms with Gasteiger partial charge in [0.05, 0.1) is 36.8 Å². The molecule has 3 aliphatic rings. The average Bonchev–Trinajstić information content (AvgIpc) is 2.72. The van der Waals surface area contributed by atoms with Crippen LogP contribution in [0, 0.1) is 11.3 Å². The maximum atomic E-state index is 7.83. The number of nitrogens with two attached hydrogens (primary N) is 1. The van der Waals surface area contributed by atoms with Crippen LogP contribution in [0.25, 0.3) is 0 Å². The van der Waals surface area contributed by atoms with Gasteiger partial charge in [0.15, 0.2) is 0 Å². The van der Waals surface area contributed by atoms with E-state index < -0.39 is 0 Å². The van der Waals surface area contributed by atoms with Crippen molar-refractivity contribution in [3.63, 3.8) is 0 Å². The number of nitrogens with zero attached hydrogens (tertiary/aromatic N) is 2. The maximum Gasteiger partial charge on any atom is 0.0886 e. The molecule has 1 aliphatic carbocycles. The van der Waals surface area contributed by atoms with E-state index in [1.807, 2.05) is 6.20 Å². The molecule has 0 spiro atoms. The maximum absolute atomic E-state index is 7.83. The molecule has 0 amide bonds. The highest BCUT2D eigenvalue weighted by Gasteiger charge is 2.27. The van der Waals surface area contributed by atoms with Crippen molar-refractivity contribution in [2.75, 3.05) is 49.6 Å². The molecule has 4 rings (SSSR count). The van der Waals surface area contributed by atoms with Gasteiger partial charge >= 0.3 is 0 Å². The summed E-state index contributed by atoms with van der Waals surface area (Å²) < 4.78 is 5.45. The fourth-order valence-corrected chi connectivity index (χ4v) is 4.07. The summed E-state index contributed by atoms with van der Waals surface area (Å²) >= 11 is 0. The van der Waals surface area contributed by atoms with Crippen molar-refractivity contribution >= 4 is 29.0 Å². The number of benzene rings is 1. The third kappa shape index (κ3) is 4.20. The van der Waals surface area contributed by atoms with E-state index >= 15 is 0 Å². The van der Waals surface area contributed by atoms with Crippen LogP contribution >= 0.6 is 0 Å². The summed E-state index contributed by atoms with van der Waals surface area (Å²) in [5.41, 5.74) is 10.5. The standard InChI is InChI=1S/C21H30N6O/c22-4-3-15-9-17(10-15)24-13-16(12-23)21-14-25-19-2-1-18(11-20(19)26-21)27-5-7-28-8-6-27/h1-2,11-13,15,17,23-25H,3-10,14,22H2/b16-13+,23-12?. The predicted octanol–water partition coefficient (Wildman–Crippen LogP) is 2.27. The van der Waals surface area contributed by atoms with Gasteiger partial charge in [-0.1, -0.05) is 0 Å². The minimum Gasteiger partial charge on any atom is -0.388 e. The molecular formula is C21H30N6O. The molecule has 1 aromatic rings. The molecule has 0 bridgehead atoms. The van der Waals surface area contributed by atoms with E-state index in [0.29, 0.717) is 12.6 Å². The lowest BCUT2D eigenvalue weighted by molar-refractivity contribution is 0.122. The van der Waals surface area contributed by atoms with E-state index in [-0.39, 0.29) is 0 Å². The predicted molar refractivity (Wildman–Crippen MR) is 115 cm³/mol. The molecule has 7 heteroatoms. The molecule has 0 aromatic heterocycles. The van der Waals surface area contributed by atoms with Crippen molar-refractivity contribution in [3.8, 4) is 0 Å². The smallest absolute Gasteiger partial charge is 0.0886 e. The summed E-state index contributed by atoms with van der Waals surface area (Å²) in [7, 11) is 0. The van der Waals surface area contributed by atoms with Gasteiger partial charge in [-0.3, -0.25) is 0 Å². The summed E-state index contributed by atoms with van der Waals surface area (Å²) in [6, 6.07) is 6.86. The van der Waals surface area contributed by atoms with Crippen LogP contribution in [0.1, 0.15) is 19.3 Å². The van der Waals surface area contributed by atoms with Crippen LogP contribution in [0.3, 0.4) is 0 Å². The molecule has 150 valence electrons. The molecule has 1 saturated heterocycles. The molecule has 28 heavy (non-hydrogen) atoms. The molecule has 7 nitrogen and oxygen atoms in total. The Morgan fingerprint density at radius 3 is 2.93 bits per heavy atom.